The van der Waals surface area contributed by atoms with Crippen molar-refractivity contribution in [2.24, 2.45) is 0 Å². The van der Waals surface area contributed by atoms with E-state index in [9.17, 15) is 22.8 Å². The van der Waals surface area contributed by atoms with E-state index in [2.05, 4.69) is 10.1 Å². The Morgan fingerprint density at radius 3 is 2.41 bits per heavy atom. The molecule has 0 unspecified atom stereocenters. The Morgan fingerprint density at radius 2 is 1.76 bits per heavy atom. The SMILES string of the molecule is O=C(N[C@@H]1CCN(C(=O)OCc2ccccc2)C1)c1ccc(OC(F)(F)F)cc1. The number of rotatable bonds is 5. The zero-order chi connectivity index (χ0) is 20.9. The van der Waals surface area contributed by atoms with Gasteiger partial charge in [0.25, 0.3) is 5.91 Å². The van der Waals surface area contributed by atoms with Gasteiger partial charge in [0.1, 0.15) is 12.4 Å². The molecule has 1 aliphatic rings. The maximum absolute atomic E-state index is 12.3. The first-order valence-corrected chi connectivity index (χ1v) is 8.92. The molecular weight excluding hydrogens is 389 g/mol. The summed E-state index contributed by atoms with van der Waals surface area (Å²) >= 11 is 0. The average molecular weight is 408 g/mol. The van der Waals surface area contributed by atoms with E-state index < -0.39 is 24.1 Å². The molecule has 0 aromatic heterocycles. The van der Waals surface area contributed by atoms with E-state index in [0.29, 0.717) is 19.5 Å². The second kappa shape index (κ2) is 8.85. The Labute approximate surface area is 165 Å². The predicted molar refractivity (Wildman–Crippen MR) is 97.2 cm³/mol. The van der Waals surface area contributed by atoms with Crippen molar-refractivity contribution < 1.29 is 32.2 Å². The summed E-state index contributed by atoms with van der Waals surface area (Å²) in [5.74, 6) is -0.838. The molecule has 1 heterocycles. The van der Waals surface area contributed by atoms with Crippen LogP contribution < -0.4 is 10.1 Å². The molecule has 6 nitrogen and oxygen atoms in total. The molecule has 0 spiro atoms. The fourth-order valence-electron chi connectivity index (χ4n) is 2.93. The standard InChI is InChI=1S/C20H19F3N2O4/c21-20(22,23)29-17-8-6-15(7-9-17)18(26)24-16-10-11-25(12-16)19(27)28-13-14-4-2-1-3-5-14/h1-9,16H,10-13H2,(H,24,26)/t16-/m1/s1. The normalized spacial score (nSPS) is 16.4. The van der Waals surface area contributed by atoms with E-state index in [1.165, 1.54) is 17.0 Å². The number of ether oxygens (including phenoxy) is 2. The number of carbonyl (C=O) groups excluding carboxylic acids is 2. The molecule has 2 aromatic carbocycles. The zero-order valence-corrected chi connectivity index (χ0v) is 15.3. The average Bonchev–Trinajstić information content (AvgIpc) is 3.15. The fraction of sp³-hybridized carbons (Fsp3) is 0.300. The molecule has 0 radical (unpaired) electrons. The van der Waals surface area contributed by atoms with Gasteiger partial charge in [0, 0.05) is 24.7 Å². The lowest BCUT2D eigenvalue weighted by atomic mass is 10.2. The number of nitrogens with zero attached hydrogens (tertiary/aromatic N) is 1. The quantitative estimate of drug-likeness (QED) is 0.819. The summed E-state index contributed by atoms with van der Waals surface area (Å²) in [5, 5.41) is 2.77. The lowest BCUT2D eigenvalue weighted by molar-refractivity contribution is -0.274. The van der Waals surface area contributed by atoms with Gasteiger partial charge in [0.05, 0.1) is 0 Å². The van der Waals surface area contributed by atoms with Crippen molar-refractivity contribution in [3.05, 3.63) is 65.7 Å². The molecule has 2 aromatic rings. The van der Waals surface area contributed by atoms with Gasteiger partial charge in [0.15, 0.2) is 0 Å². The first kappa shape index (κ1) is 20.5. The summed E-state index contributed by atoms with van der Waals surface area (Å²) in [5.41, 5.74) is 1.08. The largest absolute Gasteiger partial charge is 0.573 e. The Kier molecular flexibility index (Phi) is 6.26. The lowest BCUT2D eigenvalue weighted by Gasteiger charge is -2.17. The Morgan fingerprint density at radius 1 is 1.07 bits per heavy atom. The number of hydrogen-bond donors (Lipinski definition) is 1. The zero-order valence-electron chi connectivity index (χ0n) is 15.3. The van der Waals surface area contributed by atoms with Crippen molar-refractivity contribution >= 4 is 12.0 Å². The van der Waals surface area contributed by atoms with Crippen molar-refractivity contribution in [2.45, 2.75) is 25.4 Å². The van der Waals surface area contributed by atoms with Crippen LogP contribution >= 0.6 is 0 Å². The first-order chi connectivity index (χ1) is 13.8. The van der Waals surface area contributed by atoms with Gasteiger partial charge in [-0.05, 0) is 36.2 Å². The summed E-state index contributed by atoms with van der Waals surface area (Å²) in [6, 6.07) is 13.7. The highest BCUT2D eigenvalue weighted by molar-refractivity contribution is 5.94. The Hall–Kier alpha value is -3.23. The van der Waals surface area contributed by atoms with Crippen LogP contribution in [0.1, 0.15) is 22.3 Å². The van der Waals surface area contributed by atoms with Crippen LogP contribution in [0.4, 0.5) is 18.0 Å². The number of alkyl halides is 3. The van der Waals surface area contributed by atoms with Gasteiger partial charge in [-0.2, -0.15) is 0 Å². The van der Waals surface area contributed by atoms with Crippen molar-refractivity contribution in [1.29, 1.82) is 0 Å². The summed E-state index contributed by atoms with van der Waals surface area (Å²) in [4.78, 5) is 25.9. The molecule has 1 saturated heterocycles. The van der Waals surface area contributed by atoms with Crippen molar-refractivity contribution in [2.75, 3.05) is 13.1 Å². The number of hydrogen-bond acceptors (Lipinski definition) is 4. The Balaban J connectivity index is 1.46. The van der Waals surface area contributed by atoms with Gasteiger partial charge in [-0.3, -0.25) is 4.79 Å². The molecule has 1 atom stereocenters. The van der Waals surface area contributed by atoms with E-state index in [4.69, 9.17) is 4.74 Å². The van der Waals surface area contributed by atoms with Crippen molar-refractivity contribution in [1.82, 2.24) is 10.2 Å². The van der Waals surface area contributed by atoms with Gasteiger partial charge < -0.3 is 19.7 Å². The summed E-state index contributed by atoms with van der Waals surface area (Å²) < 4.78 is 45.6. The van der Waals surface area contributed by atoms with Gasteiger partial charge in [-0.25, -0.2) is 4.79 Å². The van der Waals surface area contributed by atoms with Crippen LogP contribution in [0.5, 0.6) is 5.75 Å². The summed E-state index contributed by atoms with van der Waals surface area (Å²) in [6.07, 6.45) is -4.69. The van der Waals surface area contributed by atoms with Gasteiger partial charge >= 0.3 is 12.5 Å². The molecule has 0 bridgehead atoms. The third kappa shape index (κ3) is 6.13. The van der Waals surface area contributed by atoms with Crippen LogP contribution in [0.25, 0.3) is 0 Å². The monoisotopic (exact) mass is 408 g/mol. The third-order valence-electron chi connectivity index (χ3n) is 4.34. The number of amides is 2. The van der Waals surface area contributed by atoms with E-state index in [-0.39, 0.29) is 18.2 Å². The molecule has 1 fully saturated rings. The molecule has 9 heteroatoms. The van der Waals surface area contributed by atoms with Crippen molar-refractivity contribution in [3.8, 4) is 5.75 Å². The number of likely N-dealkylation sites (tertiary alicyclic amines) is 1. The van der Waals surface area contributed by atoms with Crippen LogP contribution in [-0.2, 0) is 11.3 Å². The molecule has 2 amide bonds. The predicted octanol–water partition coefficient (Wildman–Crippen LogP) is 3.73. The second-order valence-corrected chi connectivity index (χ2v) is 6.52. The first-order valence-electron chi connectivity index (χ1n) is 8.92. The number of benzene rings is 2. The fourth-order valence-corrected chi connectivity index (χ4v) is 2.93. The van der Waals surface area contributed by atoms with Gasteiger partial charge in [0.2, 0.25) is 0 Å². The molecule has 3 rings (SSSR count). The molecule has 0 saturated carbocycles. The molecular formula is C20H19F3N2O4. The van der Waals surface area contributed by atoms with Crippen LogP contribution in [-0.4, -0.2) is 42.4 Å². The summed E-state index contributed by atoms with van der Waals surface area (Å²) in [7, 11) is 0. The maximum atomic E-state index is 12.3. The molecule has 0 aliphatic carbocycles. The molecule has 154 valence electrons. The third-order valence-corrected chi connectivity index (χ3v) is 4.34. The highest BCUT2D eigenvalue weighted by atomic mass is 19.4. The Bertz CT molecular complexity index is 841. The van der Waals surface area contributed by atoms with Gasteiger partial charge in [-0.1, -0.05) is 30.3 Å². The van der Waals surface area contributed by atoms with E-state index >= 15 is 0 Å². The van der Waals surface area contributed by atoms with Crippen LogP contribution in [0, 0.1) is 0 Å². The highest BCUT2D eigenvalue weighted by Gasteiger charge is 2.31. The number of carbonyl (C=O) groups is 2. The minimum atomic E-state index is -4.79. The molecule has 1 N–H and O–H groups in total. The minimum Gasteiger partial charge on any atom is -0.445 e. The van der Waals surface area contributed by atoms with Crippen molar-refractivity contribution in [3.63, 3.8) is 0 Å². The minimum absolute atomic E-state index is 0.166. The van der Waals surface area contributed by atoms with Crippen LogP contribution in [0.3, 0.4) is 0 Å². The van der Waals surface area contributed by atoms with E-state index in [1.807, 2.05) is 30.3 Å². The molecule has 1 aliphatic heterocycles. The topological polar surface area (TPSA) is 67.9 Å². The summed E-state index contributed by atoms with van der Waals surface area (Å²) in [6.45, 7) is 0.908. The lowest BCUT2D eigenvalue weighted by Crippen LogP contribution is -2.38. The van der Waals surface area contributed by atoms with Gasteiger partial charge in [-0.15, -0.1) is 13.2 Å². The second-order valence-electron chi connectivity index (χ2n) is 6.52. The van der Waals surface area contributed by atoms with E-state index in [1.54, 1.807) is 0 Å². The van der Waals surface area contributed by atoms with Crippen LogP contribution in [0.2, 0.25) is 0 Å². The molecule has 29 heavy (non-hydrogen) atoms. The number of nitrogens with one attached hydrogen (secondary N) is 1. The highest BCUT2D eigenvalue weighted by Crippen LogP contribution is 2.23. The number of halogens is 3. The van der Waals surface area contributed by atoms with E-state index in [0.717, 1.165) is 17.7 Å². The van der Waals surface area contributed by atoms with Crippen LogP contribution in [0.15, 0.2) is 54.6 Å². The smallest absolute Gasteiger partial charge is 0.445 e. The maximum Gasteiger partial charge on any atom is 0.573 e.